The first kappa shape index (κ1) is 15.6. The molecule has 0 aliphatic rings. The van der Waals surface area contributed by atoms with Gasteiger partial charge in [-0.2, -0.15) is 10.1 Å². The Labute approximate surface area is 156 Å². The summed E-state index contributed by atoms with van der Waals surface area (Å²) in [7, 11) is 0. The van der Waals surface area contributed by atoms with Gasteiger partial charge in [-0.1, -0.05) is 29.4 Å². The van der Waals surface area contributed by atoms with Crippen LogP contribution in [0.4, 0.5) is 0 Å². The molecular weight excluding hydrogens is 364 g/mol. The van der Waals surface area contributed by atoms with Crippen molar-refractivity contribution >= 4 is 22.4 Å². The Morgan fingerprint density at radius 2 is 2.00 bits per heavy atom. The van der Waals surface area contributed by atoms with Crippen LogP contribution in [0, 0.1) is 0 Å². The number of nitrogens with zero attached hydrogens (tertiary/aromatic N) is 6. The lowest BCUT2D eigenvalue weighted by Gasteiger charge is -2.04. The summed E-state index contributed by atoms with van der Waals surface area (Å²) in [5.74, 6) is 0.857. The molecule has 0 bridgehead atoms. The molecule has 5 rings (SSSR count). The maximum absolute atomic E-state index is 12.8. The van der Waals surface area contributed by atoms with Crippen molar-refractivity contribution in [2.45, 2.75) is 6.54 Å². The van der Waals surface area contributed by atoms with Crippen LogP contribution in [0.15, 0.2) is 69.7 Å². The quantitative estimate of drug-likeness (QED) is 0.479. The van der Waals surface area contributed by atoms with Gasteiger partial charge in [-0.05, 0) is 23.6 Å². The fourth-order valence-corrected chi connectivity index (χ4v) is 3.44. The van der Waals surface area contributed by atoms with E-state index in [9.17, 15) is 4.79 Å². The van der Waals surface area contributed by atoms with Gasteiger partial charge in [0.1, 0.15) is 18.3 Å². The molecule has 0 aliphatic heterocycles. The Hall–Kier alpha value is -3.59. The third-order valence-electron chi connectivity index (χ3n) is 4.07. The highest BCUT2D eigenvalue weighted by atomic mass is 32.1. The molecule has 1 aromatic carbocycles. The lowest BCUT2D eigenvalue weighted by atomic mass is 10.3. The van der Waals surface area contributed by atoms with Crippen molar-refractivity contribution in [1.29, 1.82) is 0 Å². The fraction of sp³-hybridized carbons (Fsp3) is 0.0556. The molecule has 0 aliphatic carbocycles. The van der Waals surface area contributed by atoms with E-state index in [1.54, 1.807) is 4.68 Å². The summed E-state index contributed by atoms with van der Waals surface area (Å²) in [4.78, 5) is 22.5. The van der Waals surface area contributed by atoms with E-state index in [0.29, 0.717) is 22.7 Å². The van der Waals surface area contributed by atoms with Crippen LogP contribution in [0.25, 0.3) is 27.4 Å². The average molecular weight is 376 g/mol. The number of benzene rings is 1. The van der Waals surface area contributed by atoms with Crippen LogP contribution in [0.1, 0.15) is 5.89 Å². The second-order valence-corrected chi connectivity index (χ2v) is 6.74. The molecule has 9 heteroatoms. The van der Waals surface area contributed by atoms with Crippen LogP contribution in [0.5, 0.6) is 0 Å². The van der Waals surface area contributed by atoms with Crippen molar-refractivity contribution in [3.05, 3.63) is 76.6 Å². The summed E-state index contributed by atoms with van der Waals surface area (Å²) in [6.45, 7) is 0.149. The highest BCUT2D eigenvalue weighted by molar-refractivity contribution is 7.13. The molecule has 0 unspecified atom stereocenters. The van der Waals surface area contributed by atoms with E-state index >= 15 is 0 Å². The highest BCUT2D eigenvalue weighted by Crippen LogP contribution is 2.21. The highest BCUT2D eigenvalue weighted by Gasteiger charge is 2.14. The molecule has 5 aromatic rings. The number of rotatable bonds is 4. The molecule has 0 fully saturated rings. The Balaban J connectivity index is 1.50. The van der Waals surface area contributed by atoms with Crippen molar-refractivity contribution in [3.8, 4) is 16.4 Å². The normalized spacial score (nSPS) is 11.3. The number of thiophene rings is 1. The zero-order valence-electron chi connectivity index (χ0n) is 13.9. The predicted molar refractivity (Wildman–Crippen MR) is 99.8 cm³/mol. The fourth-order valence-electron chi connectivity index (χ4n) is 2.79. The molecule has 0 amide bonds. The lowest BCUT2D eigenvalue weighted by Crippen LogP contribution is -2.21. The van der Waals surface area contributed by atoms with Gasteiger partial charge < -0.3 is 4.52 Å². The molecule has 4 aromatic heterocycles. The largest absolute Gasteiger partial charge is 0.337 e. The molecule has 8 nitrogen and oxygen atoms in total. The van der Waals surface area contributed by atoms with Crippen LogP contribution in [0.3, 0.4) is 0 Å². The van der Waals surface area contributed by atoms with E-state index in [-0.39, 0.29) is 12.1 Å². The van der Waals surface area contributed by atoms with Gasteiger partial charge in [0, 0.05) is 0 Å². The maximum atomic E-state index is 12.8. The van der Waals surface area contributed by atoms with E-state index < -0.39 is 0 Å². The van der Waals surface area contributed by atoms with Crippen LogP contribution in [-0.2, 0) is 6.54 Å². The topological polar surface area (TPSA) is 91.6 Å². The third-order valence-corrected chi connectivity index (χ3v) is 4.94. The Kier molecular flexibility index (Phi) is 3.65. The molecule has 0 radical (unpaired) electrons. The molecule has 4 heterocycles. The number of aromatic nitrogens is 6. The minimum absolute atomic E-state index is 0.149. The van der Waals surface area contributed by atoms with E-state index in [4.69, 9.17) is 4.52 Å². The van der Waals surface area contributed by atoms with Gasteiger partial charge in [-0.15, -0.1) is 11.3 Å². The molecule has 0 spiro atoms. The van der Waals surface area contributed by atoms with Gasteiger partial charge in [-0.25, -0.2) is 9.67 Å². The van der Waals surface area contributed by atoms with E-state index in [1.165, 1.54) is 28.4 Å². The number of hydrogen-bond acceptors (Lipinski definition) is 7. The molecule has 0 N–H and O–H groups in total. The molecular formula is C18H12N6O2S. The first-order valence-corrected chi connectivity index (χ1v) is 9.02. The van der Waals surface area contributed by atoms with Crippen LogP contribution < -0.4 is 5.56 Å². The average Bonchev–Trinajstić information content (AvgIpc) is 3.45. The smallest absolute Gasteiger partial charge is 0.264 e. The van der Waals surface area contributed by atoms with Crippen LogP contribution in [-0.4, -0.2) is 29.5 Å². The molecule has 0 atom stereocenters. The predicted octanol–water partition coefficient (Wildman–Crippen LogP) is 2.74. The first-order valence-electron chi connectivity index (χ1n) is 8.14. The Morgan fingerprint density at radius 1 is 1.11 bits per heavy atom. The summed E-state index contributed by atoms with van der Waals surface area (Å²) >= 11 is 1.52. The SMILES string of the molecule is O=c1c2cnn(-c3ccccc3)c2ncn1Cc1nc(-c2cccs2)no1. The van der Waals surface area contributed by atoms with E-state index in [1.807, 2.05) is 47.8 Å². The van der Waals surface area contributed by atoms with Crippen LogP contribution >= 0.6 is 11.3 Å². The number of fused-ring (bicyclic) bond motifs is 1. The van der Waals surface area contributed by atoms with E-state index in [0.717, 1.165) is 10.6 Å². The molecule has 27 heavy (non-hydrogen) atoms. The van der Waals surface area contributed by atoms with Gasteiger partial charge in [0.25, 0.3) is 5.56 Å². The van der Waals surface area contributed by atoms with Gasteiger partial charge >= 0.3 is 0 Å². The molecule has 0 saturated heterocycles. The minimum atomic E-state index is -0.210. The van der Waals surface area contributed by atoms with Crippen molar-refractivity contribution in [1.82, 2.24) is 29.5 Å². The van der Waals surface area contributed by atoms with E-state index in [2.05, 4.69) is 20.2 Å². The van der Waals surface area contributed by atoms with Gasteiger partial charge in [0.15, 0.2) is 5.65 Å². The van der Waals surface area contributed by atoms with Gasteiger partial charge in [0.05, 0.1) is 16.8 Å². The zero-order chi connectivity index (χ0) is 18.2. The van der Waals surface area contributed by atoms with Crippen LogP contribution in [0.2, 0.25) is 0 Å². The Bertz CT molecular complexity index is 1270. The monoisotopic (exact) mass is 376 g/mol. The number of para-hydroxylation sites is 1. The van der Waals surface area contributed by atoms with Crippen molar-refractivity contribution in [2.24, 2.45) is 0 Å². The zero-order valence-corrected chi connectivity index (χ0v) is 14.7. The minimum Gasteiger partial charge on any atom is -0.337 e. The summed E-state index contributed by atoms with van der Waals surface area (Å²) in [6, 6.07) is 13.4. The first-order chi connectivity index (χ1) is 13.3. The maximum Gasteiger partial charge on any atom is 0.264 e. The van der Waals surface area contributed by atoms with Crippen molar-refractivity contribution < 1.29 is 4.52 Å². The van der Waals surface area contributed by atoms with Gasteiger partial charge in [0.2, 0.25) is 11.7 Å². The second-order valence-electron chi connectivity index (χ2n) is 5.80. The molecule has 0 saturated carbocycles. The number of hydrogen-bond donors (Lipinski definition) is 0. The second kappa shape index (κ2) is 6.29. The summed E-state index contributed by atoms with van der Waals surface area (Å²) in [5, 5.41) is 10.6. The molecule has 132 valence electrons. The van der Waals surface area contributed by atoms with Gasteiger partial charge in [-0.3, -0.25) is 9.36 Å². The van der Waals surface area contributed by atoms with Crippen molar-refractivity contribution in [2.75, 3.05) is 0 Å². The lowest BCUT2D eigenvalue weighted by molar-refractivity contribution is 0.370. The Morgan fingerprint density at radius 3 is 2.81 bits per heavy atom. The van der Waals surface area contributed by atoms with Crippen molar-refractivity contribution in [3.63, 3.8) is 0 Å². The summed E-state index contributed by atoms with van der Waals surface area (Å²) < 4.78 is 8.35. The standard InChI is InChI=1S/C18H12N6O2S/c25-18-13-9-20-24(12-5-2-1-3-6-12)17(13)19-11-23(18)10-15-21-16(22-26-15)14-7-4-8-27-14/h1-9,11H,10H2. The summed E-state index contributed by atoms with van der Waals surface area (Å²) in [6.07, 6.45) is 3.00. The third kappa shape index (κ3) is 2.74. The summed E-state index contributed by atoms with van der Waals surface area (Å²) in [5.41, 5.74) is 1.14.